The van der Waals surface area contributed by atoms with Crippen molar-refractivity contribution in [3.8, 4) is 0 Å². The van der Waals surface area contributed by atoms with E-state index in [9.17, 15) is 18.3 Å². The third-order valence-corrected chi connectivity index (χ3v) is 5.83. The number of rotatable bonds is 5. The quantitative estimate of drug-likeness (QED) is 0.888. The van der Waals surface area contributed by atoms with Gasteiger partial charge in [0.1, 0.15) is 0 Å². The van der Waals surface area contributed by atoms with Gasteiger partial charge in [-0.2, -0.15) is 0 Å². The minimum atomic E-state index is -3.43. The SMILES string of the molecule is Cc1ccc(S(=O)(=O)CCC(=O)N2CCCC(CO)C2)cc1. The lowest BCUT2D eigenvalue weighted by molar-refractivity contribution is -0.132. The van der Waals surface area contributed by atoms with Gasteiger partial charge in [-0.05, 0) is 37.8 Å². The molecule has 1 heterocycles. The fourth-order valence-corrected chi connectivity index (χ4v) is 3.91. The van der Waals surface area contributed by atoms with Gasteiger partial charge in [-0.25, -0.2) is 8.42 Å². The van der Waals surface area contributed by atoms with Gasteiger partial charge >= 0.3 is 0 Å². The molecule has 1 N–H and O–H groups in total. The lowest BCUT2D eigenvalue weighted by Crippen LogP contribution is -2.41. The Labute approximate surface area is 131 Å². The van der Waals surface area contributed by atoms with Gasteiger partial charge in [0.2, 0.25) is 5.91 Å². The molecule has 2 rings (SSSR count). The average molecular weight is 325 g/mol. The summed E-state index contributed by atoms with van der Waals surface area (Å²) < 4.78 is 24.5. The number of aryl methyl sites for hydroxylation is 1. The number of aliphatic hydroxyl groups is 1. The molecule has 1 aromatic rings. The highest BCUT2D eigenvalue weighted by atomic mass is 32.2. The van der Waals surface area contributed by atoms with E-state index in [1.54, 1.807) is 29.2 Å². The number of aliphatic hydroxyl groups excluding tert-OH is 1. The molecule has 5 nitrogen and oxygen atoms in total. The molecule has 1 aliphatic rings. The van der Waals surface area contributed by atoms with Crippen molar-refractivity contribution >= 4 is 15.7 Å². The zero-order chi connectivity index (χ0) is 16.2. The summed E-state index contributed by atoms with van der Waals surface area (Å²) in [5, 5.41) is 9.19. The largest absolute Gasteiger partial charge is 0.396 e. The van der Waals surface area contributed by atoms with Crippen molar-refractivity contribution < 1.29 is 18.3 Å². The van der Waals surface area contributed by atoms with E-state index in [1.807, 2.05) is 6.92 Å². The van der Waals surface area contributed by atoms with Crippen molar-refractivity contribution in [2.75, 3.05) is 25.4 Å². The van der Waals surface area contributed by atoms with Crippen molar-refractivity contribution in [3.63, 3.8) is 0 Å². The van der Waals surface area contributed by atoms with Crippen molar-refractivity contribution in [2.45, 2.75) is 31.1 Å². The van der Waals surface area contributed by atoms with Crippen LogP contribution in [0, 0.1) is 12.8 Å². The number of nitrogens with zero attached hydrogens (tertiary/aromatic N) is 1. The molecule has 1 aromatic carbocycles. The van der Waals surface area contributed by atoms with Crippen LogP contribution in [0.2, 0.25) is 0 Å². The first-order chi connectivity index (χ1) is 10.4. The molecule has 22 heavy (non-hydrogen) atoms. The lowest BCUT2D eigenvalue weighted by atomic mass is 9.99. The van der Waals surface area contributed by atoms with E-state index in [0.717, 1.165) is 18.4 Å². The molecule has 1 saturated heterocycles. The molecule has 1 amide bonds. The molecule has 1 atom stereocenters. The number of sulfone groups is 1. The summed E-state index contributed by atoms with van der Waals surface area (Å²) in [4.78, 5) is 14.1. The fourth-order valence-electron chi connectivity index (χ4n) is 2.68. The molecule has 6 heteroatoms. The number of likely N-dealkylation sites (tertiary alicyclic amines) is 1. The summed E-state index contributed by atoms with van der Waals surface area (Å²) in [7, 11) is -3.43. The highest BCUT2D eigenvalue weighted by Gasteiger charge is 2.24. The second kappa shape index (κ2) is 7.24. The molecule has 0 aromatic heterocycles. The molecular weight excluding hydrogens is 302 g/mol. The minimum absolute atomic E-state index is 0.00560. The van der Waals surface area contributed by atoms with Gasteiger partial charge in [-0.3, -0.25) is 4.79 Å². The normalized spacial score (nSPS) is 19.2. The molecule has 0 bridgehead atoms. The van der Waals surface area contributed by atoms with Crippen molar-refractivity contribution in [1.29, 1.82) is 0 Å². The van der Waals surface area contributed by atoms with Gasteiger partial charge in [0.05, 0.1) is 10.6 Å². The summed E-state index contributed by atoms with van der Waals surface area (Å²) >= 11 is 0. The zero-order valence-electron chi connectivity index (χ0n) is 12.9. The molecule has 122 valence electrons. The first-order valence-corrected chi connectivity index (χ1v) is 9.25. The smallest absolute Gasteiger partial charge is 0.223 e. The lowest BCUT2D eigenvalue weighted by Gasteiger charge is -2.31. The Morgan fingerprint density at radius 1 is 1.32 bits per heavy atom. The van der Waals surface area contributed by atoms with Crippen LogP contribution in [0.15, 0.2) is 29.2 Å². The minimum Gasteiger partial charge on any atom is -0.396 e. The highest BCUT2D eigenvalue weighted by Crippen LogP contribution is 2.18. The van der Waals surface area contributed by atoms with Crippen LogP contribution in [0.1, 0.15) is 24.8 Å². The molecule has 0 radical (unpaired) electrons. The van der Waals surface area contributed by atoms with Crippen LogP contribution in [-0.4, -0.2) is 49.8 Å². The number of piperidine rings is 1. The maximum Gasteiger partial charge on any atom is 0.223 e. The summed E-state index contributed by atoms with van der Waals surface area (Å²) in [5.74, 6) is -0.199. The van der Waals surface area contributed by atoms with Crippen LogP contribution in [0.25, 0.3) is 0 Å². The van der Waals surface area contributed by atoms with Crippen LogP contribution in [-0.2, 0) is 14.6 Å². The number of benzene rings is 1. The summed E-state index contributed by atoms with van der Waals surface area (Å²) in [6.45, 7) is 3.15. The first kappa shape index (κ1) is 17.0. The van der Waals surface area contributed by atoms with Crippen molar-refractivity contribution in [3.05, 3.63) is 29.8 Å². The van der Waals surface area contributed by atoms with Gasteiger partial charge in [0, 0.05) is 26.1 Å². The summed E-state index contributed by atoms with van der Waals surface area (Å²) in [6, 6.07) is 6.67. The van der Waals surface area contributed by atoms with Crippen LogP contribution in [0.5, 0.6) is 0 Å². The van der Waals surface area contributed by atoms with Crippen LogP contribution >= 0.6 is 0 Å². The van der Waals surface area contributed by atoms with E-state index in [2.05, 4.69) is 0 Å². The van der Waals surface area contributed by atoms with Crippen LogP contribution in [0.3, 0.4) is 0 Å². The van der Waals surface area contributed by atoms with E-state index in [-0.39, 0.29) is 35.5 Å². The molecule has 1 fully saturated rings. The monoisotopic (exact) mass is 325 g/mol. The van der Waals surface area contributed by atoms with Crippen molar-refractivity contribution in [2.24, 2.45) is 5.92 Å². The van der Waals surface area contributed by atoms with E-state index in [4.69, 9.17) is 0 Å². The third-order valence-electron chi connectivity index (χ3n) is 4.09. The van der Waals surface area contributed by atoms with Crippen LogP contribution < -0.4 is 0 Å². The number of hydrogen-bond acceptors (Lipinski definition) is 4. The summed E-state index contributed by atoms with van der Waals surface area (Å²) in [5.41, 5.74) is 0.999. The number of hydrogen-bond donors (Lipinski definition) is 1. The average Bonchev–Trinajstić information content (AvgIpc) is 2.53. The molecule has 0 aliphatic carbocycles. The Balaban J connectivity index is 1.94. The van der Waals surface area contributed by atoms with E-state index < -0.39 is 9.84 Å². The van der Waals surface area contributed by atoms with Gasteiger partial charge < -0.3 is 10.0 Å². The second-order valence-electron chi connectivity index (χ2n) is 5.91. The zero-order valence-corrected chi connectivity index (χ0v) is 13.7. The van der Waals surface area contributed by atoms with E-state index in [0.29, 0.717) is 13.1 Å². The Hall–Kier alpha value is -1.40. The fraction of sp³-hybridized carbons (Fsp3) is 0.562. The summed E-state index contributed by atoms with van der Waals surface area (Å²) in [6.07, 6.45) is 1.78. The maximum atomic E-state index is 12.2. The third kappa shape index (κ3) is 4.30. The molecule has 1 aliphatic heterocycles. The Kier molecular flexibility index (Phi) is 5.58. The van der Waals surface area contributed by atoms with E-state index in [1.165, 1.54) is 0 Å². The van der Waals surface area contributed by atoms with Crippen molar-refractivity contribution in [1.82, 2.24) is 4.90 Å². The molecule has 1 unspecified atom stereocenters. The molecule has 0 saturated carbocycles. The Morgan fingerprint density at radius 3 is 2.64 bits per heavy atom. The second-order valence-corrected chi connectivity index (χ2v) is 8.02. The number of carbonyl (C=O) groups is 1. The number of carbonyl (C=O) groups excluding carboxylic acids is 1. The van der Waals surface area contributed by atoms with E-state index >= 15 is 0 Å². The topological polar surface area (TPSA) is 74.7 Å². The highest BCUT2D eigenvalue weighted by molar-refractivity contribution is 7.91. The number of amides is 1. The van der Waals surface area contributed by atoms with Gasteiger partial charge in [0.25, 0.3) is 0 Å². The van der Waals surface area contributed by atoms with Gasteiger partial charge in [-0.15, -0.1) is 0 Å². The van der Waals surface area contributed by atoms with Gasteiger partial charge in [0.15, 0.2) is 9.84 Å². The molecule has 0 spiro atoms. The maximum absolute atomic E-state index is 12.2. The molecular formula is C16H23NO4S. The van der Waals surface area contributed by atoms with Crippen LogP contribution in [0.4, 0.5) is 0 Å². The predicted molar refractivity (Wildman–Crippen MR) is 84.2 cm³/mol. The predicted octanol–water partition coefficient (Wildman–Crippen LogP) is 1.39. The Morgan fingerprint density at radius 2 is 2.00 bits per heavy atom. The Bertz CT molecular complexity index is 610. The van der Waals surface area contributed by atoms with Gasteiger partial charge in [-0.1, -0.05) is 17.7 Å². The first-order valence-electron chi connectivity index (χ1n) is 7.60. The standard InChI is InChI=1S/C16H23NO4S/c1-13-4-6-15(7-5-13)22(20,21)10-8-16(19)17-9-2-3-14(11-17)12-18/h4-7,14,18H,2-3,8-12H2,1H3.